The molecule has 1 aliphatic rings. The Morgan fingerprint density at radius 1 is 1.32 bits per heavy atom. The van der Waals surface area contributed by atoms with Gasteiger partial charge in [0.1, 0.15) is 11.9 Å². The monoisotopic (exact) mass is 373 g/mol. The fraction of sp³-hybridized carbons (Fsp3) is 0.118. The number of benzene rings is 2. The minimum Gasteiger partial charge on any atom is -0.423 e. The summed E-state index contributed by atoms with van der Waals surface area (Å²) in [5, 5.41) is 13.9. The molecule has 3 rings (SSSR count). The molecule has 126 valence electrons. The van der Waals surface area contributed by atoms with Gasteiger partial charge in [-0.05, 0) is 54.2 Å². The Balaban J connectivity index is 1.70. The molecule has 1 heterocycles. The molecular weight excluding hydrogens is 362 g/mol. The minimum atomic E-state index is -0.430. The fourth-order valence-electron chi connectivity index (χ4n) is 2.39. The molecule has 1 N–H and O–H groups in total. The highest BCUT2D eigenvalue weighted by atomic mass is 35.5. The van der Waals surface area contributed by atoms with E-state index in [1.54, 1.807) is 47.4 Å². The van der Waals surface area contributed by atoms with E-state index in [1.165, 1.54) is 0 Å². The van der Waals surface area contributed by atoms with E-state index >= 15 is 0 Å². The molecule has 0 unspecified atom stereocenters. The molecule has 2 aromatic rings. The van der Waals surface area contributed by atoms with Crippen molar-refractivity contribution in [1.29, 1.82) is 5.26 Å². The number of hydrogen-bond donors (Lipinski definition) is 1. The zero-order chi connectivity index (χ0) is 17.8. The number of rotatable bonds is 4. The van der Waals surface area contributed by atoms with E-state index in [4.69, 9.17) is 21.6 Å². The highest BCUT2D eigenvalue weighted by molar-refractivity contribution is 8.03. The van der Waals surface area contributed by atoms with Crippen molar-refractivity contribution in [2.45, 2.75) is 4.90 Å². The number of ether oxygens (including phenoxy) is 1. The Bertz CT molecular complexity index is 864. The summed E-state index contributed by atoms with van der Waals surface area (Å²) in [5.41, 5.74) is 1.21. The molecule has 0 saturated heterocycles. The van der Waals surface area contributed by atoms with Gasteiger partial charge in [-0.2, -0.15) is 5.26 Å². The van der Waals surface area contributed by atoms with Gasteiger partial charge in [0, 0.05) is 15.6 Å². The van der Waals surface area contributed by atoms with Crippen LogP contribution in [0.25, 0.3) is 0 Å². The Hall–Kier alpha value is -2.69. The molecule has 2 aromatic carbocycles. The number of esters is 1. The van der Waals surface area contributed by atoms with Crippen LogP contribution in [-0.4, -0.2) is 25.0 Å². The zero-order valence-electron chi connectivity index (χ0n) is 12.9. The van der Waals surface area contributed by atoms with E-state index in [1.807, 2.05) is 5.40 Å². The Morgan fingerprint density at radius 2 is 2.08 bits per heavy atom. The van der Waals surface area contributed by atoms with Crippen molar-refractivity contribution in [3.63, 3.8) is 0 Å². The van der Waals surface area contributed by atoms with Crippen molar-refractivity contribution < 1.29 is 14.3 Å². The normalized spacial score (nSPS) is 12.8. The average molecular weight is 374 g/mol. The number of anilines is 2. The molecular formula is C17H12ClN3O3S. The molecule has 0 aliphatic carbocycles. The van der Waals surface area contributed by atoms with Crippen molar-refractivity contribution in [3.8, 4) is 11.2 Å². The topological polar surface area (TPSA) is 82.4 Å². The first-order chi connectivity index (χ1) is 12.0. The summed E-state index contributed by atoms with van der Waals surface area (Å²) in [6.45, 7) is -0.0460. The van der Waals surface area contributed by atoms with E-state index < -0.39 is 5.97 Å². The second kappa shape index (κ2) is 7.47. The Labute approximate surface area is 153 Å². The van der Waals surface area contributed by atoms with E-state index in [9.17, 15) is 9.59 Å². The van der Waals surface area contributed by atoms with Crippen LogP contribution in [0.15, 0.2) is 47.4 Å². The predicted molar refractivity (Wildman–Crippen MR) is 95.8 cm³/mol. The Morgan fingerprint density at radius 3 is 2.80 bits per heavy atom. The molecule has 0 atom stereocenters. The lowest BCUT2D eigenvalue weighted by atomic mass is 10.2. The number of nitriles is 1. The summed E-state index contributed by atoms with van der Waals surface area (Å²) in [7, 11) is 0. The molecule has 6 nitrogen and oxygen atoms in total. The molecule has 0 aromatic heterocycles. The largest absolute Gasteiger partial charge is 0.423 e. The van der Waals surface area contributed by atoms with Crippen LogP contribution in [0.2, 0.25) is 5.02 Å². The Kier molecular flexibility index (Phi) is 5.12. The molecule has 0 spiro atoms. The molecule has 1 aliphatic heterocycles. The van der Waals surface area contributed by atoms with Gasteiger partial charge in [0.15, 0.2) is 5.75 Å². The average Bonchev–Trinajstić information content (AvgIpc) is 2.57. The molecule has 0 radical (unpaired) electrons. The quantitative estimate of drug-likeness (QED) is 0.383. The number of thiocyanates is 1. The first-order valence-electron chi connectivity index (χ1n) is 7.26. The molecule has 0 bridgehead atoms. The van der Waals surface area contributed by atoms with E-state index in [2.05, 4.69) is 5.32 Å². The minimum absolute atomic E-state index is 0.0167. The summed E-state index contributed by atoms with van der Waals surface area (Å²) in [5.74, 6) is -0.326. The first-order valence-corrected chi connectivity index (χ1v) is 8.45. The summed E-state index contributed by atoms with van der Waals surface area (Å²) < 4.78 is 5.15. The van der Waals surface area contributed by atoms with Crippen LogP contribution in [0.5, 0.6) is 5.75 Å². The van der Waals surface area contributed by atoms with Gasteiger partial charge >= 0.3 is 5.97 Å². The molecule has 25 heavy (non-hydrogen) atoms. The third-order valence-electron chi connectivity index (χ3n) is 3.44. The summed E-state index contributed by atoms with van der Waals surface area (Å²) >= 11 is 7.04. The number of nitrogens with one attached hydrogen (secondary N) is 1. The summed E-state index contributed by atoms with van der Waals surface area (Å²) in [6.07, 6.45) is 0. The van der Waals surface area contributed by atoms with Crippen molar-refractivity contribution in [1.82, 2.24) is 0 Å². The van der Waals surface area contributed by atoms with Crippen molar-refractivity contribution in [3.05, 3.63) is 47.5 Å². The summed E-state index contributed by atoms with van der Waals surface area (Å²) in [4.78, 5) is 26.4. The third kappa shape index (κ3) is 4.24. The fourth-order valence-corrected chi connectivity index (χ4v) is 2.94. The van der Waals surface area contributed by atoms with E-state index in [0.717, 1.165) is 16.7 Å². The highest BCUT2D eigenvalue weighted by Gasteiger charge is 2.25. The van der Waals surface area contributed by atoms with Gasteiger partial charge in [0.05, 0.1) is 12.2 Å². The van der Waals surface area contributed by atoms with Gasteiger partial charge in [-0.25, -0.2) is 4.79 Å². The molecule has 8 heteroatoms. The van der Waals surface area contributed by atoms with Crippen LogP contribution in [0.1, 0.15) is 0 Å². The van der Waals surface area contributed by atoms with E-state index in [-0.39, 0.29) is 19.0 Å². The number of amides is 1. The number of fused-ring (bicyclic) bond motifs is 1. The van der Waals surface area contributed by atoms with Gasteiger partial charge in [-0.15, -0.1) is 0 Å². The highest BCUT2D eigenvalue weighted by Crippen LogP contribution is 2.34. The molecule has 1 amide bonds. The second-order valence-corrected chi connectivity index (χ2v) is 6.50. The van der Waals surface area contributed by atoms with Gasteiger partial charge in [-0.3, -0.25) is 4.79 Å². The SMILES string of the molecule is N#CSc1ccc(NC(=O)CN2CC(=O)Oc3ccc(Cl)cc32)cc1. The van der Waals surface area contributed by atoms with Crippen molar-refractivity contribution in [2.24, 2.45) is 0 Å². The molecule has 0 fully saturated rings. The summed E-state index contributed by atoms with van der Waals surface area (Å²) in [6, 6.07) is 11.8. The van der Waals surface area contributed by atoms with Gasteiger partial charge in [0.2, 0.25) is 5.91 Å². The van der Waals surface area contributed by atoms with Crippen LogP contribution >= 0.6 is 23.4 Å². The van der Waals surface area contributed by atoms with Crippen molar-refractivity contribution >= 4 is 46.6 Å². The lowest BCUT2D eigenvalue weighted by molar-refractivity contribution is -0.133. The number of hydrogen-bond acceptors (Lipinski definition) is 6. The zero-order valence-corrected chi connectivity index (χ0v) is 14.4. The maximum atomic E-state index is 12.3. The van der Waals surface area contributed by atoms with Crippen LogP contribution in [-0.2, 0) is 9.59 Å². The predicted octanol–water partition coefficient (Wildman–Crippen LogP) is 3.28. The number of halogens is 1. The second-order valence-electron chi connectivity index (χ2n) is 5.21. The number of carbonyl (C=O) groups excluding carboxylic acids is 2. The third-order valence-corrected chi connectivity index (χ3v) is 4.28. The van der Waals surface area contributed by atoms with Crippen LogP contribution in [0.4, 0.5) is 11.4 Å². The number of nitrogens with zero attached hydrogens (tertiary/aromatic N) is 2. The maximum absolute atomic E-state index is 12.3. The lowest BCUT2D eigenvalue weighted by Gasteiger charge is -2.29. The van der Waals surface area contributed by atoms with Crippen LogP contribution < -0.4 is 15.0 Å². The van der Waals surface area contributed by atoms with Gasteiger partial charge in [0.25, 0.3) is 0 Å². The lowest BCUT2D eigenvalue weighted by Crippen LogP contribution is -2.41. The number of thioether (sulfide) groups is 1. The smallest absolute Gasteiger partial charge is 0.331 e. The van der Waals surface area contributed by atoms with E-state index in [0.29, 0.717) is 22.1 Å². The van der Waals surface area contributed by atoms with Crippen LogP contribution in [0, 0.1) is 10.7 Å². The number of carbonyl (C=O) groups is 2. The first kappa shape index (κ1) is 17.1. The van der Waals surface area contributed by atoms with Gasteiger partial charge < -0.3 is 15.0 Å². The maximum Gasteiger partial charge on any atom is 0.331 e. The van der Waals surface area contributed by atoms with Crippen LogP contribution in [0.3, 0.4) is 0 Å². The van der Waals surface area contributed by atoms with Crippen molar-refractivity contribution in [2.75, 3.05) is 23.3 Å². The molecule has 0 saturated carbocycles. The standard InChI is InChI=1S/C17H12ClN3O3S/c18-11-1-6-15-14(7-11)21(9-17(23)24-15)8-16(22)20-12-2-4-13(5-3-12)25-10-19/h1-7H,8-9H2,(H,20,22). The van der Waals surface area contributed by atoms with Gasteiger partial charge in [-0.1, -0.05) is 11.6 Å².